The molecule has 2 aromatic heterocycles. The third-order valence-corrected chi connectivity index (χ3v) is 6.56. The van der Waals surface area contributed by atoms with Crippen molar-refractivity contribution >= 4 is 11.3 Å². The monoisotopic (exact) mass is 431 g/mol. The van der Waals surface area contributed by atoms with Crippen molar-refractivity contribution in [1.82, 2.24) is 14.6 Å². The molecule has 0 spiro atoms. The molecule has 1 unspecified atom stereocenters. The fourth-order valence-corrected chi connectivity index (χ4v) is 5.08. The lowest BCUT2D eigenvalue weighted by Gasteiger charge is -2.36. The summed E-state index contributed by atoms with van der Waals surface area (Å²) >= 11 is 0. The number of rotatable bonds is 9. The number of ketones is 1. The van der Waals surface area contributed by atoms with E-state index in [9.17, 15) is 4.79 Å². The van der Waals surface area contributed by atoms with E-state index in [2.05, 4.69) is 59.7 Å². The predicted molar refractivity (Wildman–Crippen MR) is 133 cm³/mol. The normalized spacial score (nSPS) is 19.5. The first-order valence-corrected chi connectivity index (χ1v) is 12.3. The zero-order valence-electron chi connectivity index (χ0n) is 19.8. The lowest BCUT2D eigenvalue weighted by molar-refractivity contribution is 0.103. The molecule has 3 aromatic rings. The summed E-state index contributed by atoms with van der Waals surface area (Å²) in [6.07, 6.45) is 7.38. The number of nitrogens with one attached hydrogen (secondary N) is 1. The second kappa shape index (κ2) is 10.5. The third-order valence-electron chi connectivity index (χ3n) is 6.56. The van der Waals surface area contributed by atoms with Gasteiger partial charge in [-0.15, -0.1) is 0 Å². The van der Waals surface area contributed by atoms with E-state index in [0.29, 0.717) is 12.1 Å². The maximum Gasteiger partial charge on any atom is 0.210 e. The molecule has 4 heteroatoms. The van der Waals surface area contributed by atoms with Crippen LogP contribution in [0.2, 0.25) is 0 Å². The number of piperazine rings is 1. The minimum atomic E-state index is 0.123. The van der Waals surface area contributed by atoms with Crippen LogP contribution in [-0.4, -0.2) is 46.8 Å². The van der Waals surface area contributed by atoms with Gasteiger partial charge in [0, 0.05) is 42.5 Å². The molecule has 1 aliphatic heterocycles. The van der Waals surface area contributed by atoms with E-state index in [0.717, 1.165) is 74.1 Å². The van der Waals surface area contributed by atoms with E-state index in [1.807, 2.05) is 30.5 Å². The largest absolute Gasteiger partial charge is 0.313 e. The van der Waals surface area contributed by atoms with Crippen molar-refractivity contribution in [3.05, 3.63) is 77.1 Å². The zero-order chi connectivity index (χ0) is 22.5. The number of hydrogen-bond donors (Lipinski definition) is 1. The van der Waals surface area contributed by atoms with Gasteiger partial charge in [0.05, 0.1) is 5.69 Å². The molecule has 4 rings (SSSR count). The molecule has 3 heterocycles. The second-order valence-electron chi connectivity index (χ2n) is 9.48. The second-order valence-corrected chi connectivity index (χ2v) is 9.48. The summed E-state index contributed by atoms with van der Waals surface area (Å²) in [6.45, 7) is 10.1. The SMILES string of the molecule is CCCCc1cc2ccccn2c1C(=O)c1ccc(CCCN2CC(C)N[C@@H](C)C2)cc1. The molecule has 4 nitrogen and oxygen atoms in total. The Morgan fingerprint density at radius 1 is 1.00 bits per heavy atom. The van der Waals surface area contributed by atoms with Gasteiger partial charge in [0.1, 0.15) is 0 Å². The molecule has 1 fully saturated rings. The molecule has 1 saturated heterocycles. The molecule has 2 atom stereocenters. The molecule has 0 bridgehead atoms. The minimum Gasteiger partial charge on any atom is -0.313 e. The maximum absolute atomic E-state index is 13.5. The number of aromatic nitrogens is 1. The van der Waals surface area contributed by atoms with Gasteiger partial charge in [0.2, 0.25) is 5.78 Å². The summed E-state index contributed by atoms with van der Waals surface area (Å²) < 4.78 is 2.05. The van der Waals surface area contributed by atoms with Gasteiger partial charge >= 0.3 is 0 Å². The van der Waals surface area contributed by atoms with Crippen LogP contribution in [-0.2, 0) is 12.8 Å². The fraction of sp³-hybridized carbons (Fsp3) is 0.464. The molecular formula is C28H37N3O. The number of fused-ring (bicyclic) bond motifs is 1. The summed E-state index contributed by atoms with van der Waals surface area (Å²) in [6, 6.07) is 17.7. The van der Waals surface area contributed by atoms with Gasteiger partial charge in [-0.3, -0.25) is 4.79 Å². The Morgan fingerprint density at radius 3 is 2.47 bits per heavy atom. The topological polar surface area (TPSA) is 36.8 Å². The molecule has 0 saturated carbocycles. The molecule has 1 N–H and O–H groups in total. The molecule has 32 heavy (non-hydrogen) atoms. The van der Waals surface area contributed by atoms with Gasteiger partial charge in [-0.2, -0.15) is 0 Å². The number of pyridine rings is 1. The summed E-state index contributed by atoms with van der Waals surface area (Å²) in [5.74, 6) is 0.123. The predicted octanol–water partition coefficient (Wildman–Crippen LogP) is 5.13. The molecule has 0 radical (unpaired) electrons. The van der Waals surface area contributed by atoms with Crippen LogP contribution >= 0.6 is 0 Å². The van der Waals surface area contributed by atoms with Crippen molar-refractivity contribution in [3.63, 3.8) is 0 Å². The van der Waals surface area contributed by atoms with Gasteiger partial charge in [-0.1, -0.05) is 43.7 Å². The molecule has 0 aliphatic carbocycles. The van der Waals surface area contributed by atoms with Crippen LogP contribution in [0.15, 0.2) is 54.7 Å². The average Bonchev–Trinajstić information content (AvgIpc) is 3.15. The summed E-state index contributed by atoms with van der Waals surface area (Å²) in [4.78, 5) is 16.0. The maximum atomic E-state index is 13.5. The van der Waals surface area contributed by atoms with Crippen LogP contribution in [0.5, 0.6) is 0 Å². The van der Waals surface area contributed by atoms with E-state index >= 15 is 0 Å². The van der Waals surface area contributed by atoms with E-state index < -0.39 is 0 Å². The number of carbonyl (C=O) groups is 1. The van der Waals surface area contributed by atoms with Crippen molar-refractivity contribution in [2.45, 2.75) is 65.0 Å². The Bertz CT molecular complexity index is 1030. The van der Waals surface area contributed by atoms with Gasteiger partial charge in [0.25, 0.3) is 0 Å². The molecule has 0 amide bonds. The number of benzene rings is 1. The Morgan fingerprint density at radius 2 is 1.75 bits per heavy atom. The van der Waals surface area contributed by atoms with Gasteiger partial charge in [0.15, 0.2) is 0 Å². The van der Waals surface area contributed by atoms with E-state index in [4.69, 9.17) is 0 Å². The highest BCUT2D eigenvalue weighted by Crippen LogP contribution is 2.22. The highest BCUT2D eigenvalue weighted by molar-refractivity contribution is 6.09. The lowest BCUT2D eigenvalue weighted by atomic mass is 10.00. The summed E-state index contributed by atoms with van der Waals surface area (Å²) in [7, 11) is 0. The van der Waals surface area contributed by atoms with E-state index in [-0.39, 0.29) is 5.78 Å². The number of nitrogens with zero attached hydrogens (tertiary/aromatic N) is 2. The molecule has 1 aliphatic rings. The van der Waals surface area contributed by atoms with Crippen LogP contribution < -0.4 is 5.32 Å². The molecular weight excluding hydrogens is 394 g/mol. The Hall–Kier alpha value is -2.43. The van der Waals surface area contributed by atoms with Crippen LogP contribution in [0.25, 0.3) is 5.52 Å². The van der Waals surface area contributed by atoms with Crippen LogP contribution in [0, 0.1) is 0 Å². The van der Waals surface area contributed by atoms with Crippen molar-refractivity contribution in [3.8, 4) is 0 Å². The molecule has 1 aromatic carbocycles. The smallest absolute Gasteiger partial charge is 0.210 e. The highest BCUT2D eigenvalue weighted by atomic mass is 16.1. The van der Waals surface area contributed by atoms with E-state index in [1.54, 1.807) is 0 Å². The van der Waals surface area contributed by atoms with Crippen LogP contribution in [0.1, 0.15) is 67.2 Å². The quantitative estimate of drug-likeness (QED) is 0.477. The van der Waals surface area contributed by atoms with Gasteiger partial charge in [-0.25, -0.2) is 0 Å². The van der Waals surface area contributed by atoms with Gasteiger partial charge in [-0.05, 0) is 75.4 Å². The van der Waals surface area contributed by atoms with Crippen molar-refractivity contribution in [2.24, 2.45) is 0 Å². The standard InChI is InChI=1S/C28H37N3O/c1-4-5-10-25-18-26-11-6-7-17-31(26)27(25)28(32)24-14-12-23(13-15-24)9-8-16-30-19-21(2)29-22(3)20-30/h6-7,11-15,17-18,21-22,29H,4-5,8-10,16,19-20H2,1-3H3/t21-,22?/m0/s1. The Labute approximate surface area is 192 Å². The van der Waals surface area contributed by atoms with Crippen molar-refractivity contribution in [2.75, 3.05) is 19.6 Å². The summed E-state index contributed by atoms with van der Waals surface area (Å²) in [5.41, 5.74) is 5.16. The lowest BCUT2D eigenvalue weighted by Crippen LogP contribution is -2.54. The fourth-order valence-electron chi connectivity index (χ4n) is 5.08. The Balaban J connectivity index is 1.42. The van der Waals surface area contributed by atoms with Crippen molar-refractivity contribution in [1.29, 1.82) is 0 Å². The van der Waals surface area contributed by atoms with Crippen LogP contribution in [0.3, 0.4) is 0 Å². The van der Waals surface area contributed by atoms with Gasteiger partial charge < -0.3 is 14.6 Å². The first-order valence-electron chi connectivity index (χ1n) is 12.3. The number of hydrogen-bond acceptors (Lipinski definition) is 3. The Kier molecular flexibility index (Phi) is 7.44. The van der Waals surface area contributed by atoms with Crippen molar-refractivity contribution < 1.29 is 4.79 Å². The average molecular weight is 432 g/mol. The third kappa shape index (κ3) is 5.31. The number of aryl methyl sites for hydroxylation is 2. The molecule has 170 valence electrons. The first kappa shape index (κ1) is 22.8. The summed E-state index contributed by atoms with van der Waals surface area (Å²) in [5, 5.41) is 3.60. The number of carbonyl (C=O) groups excluding carboxylic acids is 1. The zero-order valence-corrected chi connectivity index (χ0v) is 19.8. The highest BCUT2D eigenvalue weighted by Gasteiger charge is 2.21. The van der Waals surface area contributed by atoms with E-state index in [1.165, 1.54) is 5.56 Å². The number of unbranched alkanes of at least 4 members (excludes halogenated alkanes) is 1. The minimum absolute atomic E-state index is 0.123. The van der Waals surface area contributed by atoms with Crippen LogP contribution in [0.4, 0.5) is 0 Å². The first-order chi connectivity index (χ1) is 15.5.